The van der Waals surface area contributed by atoms with E-state index in [1.807, 2.05) is 0 Å². The van der Waals surface area contributed by atoms with Gasteiger partial charge in [0.25, 0.3) is 0 Å². The van der Waals surface area contributed by atoms with Gasteiger partial charge in [0.05, 0.1) is 17.7 Å². The maximum atomic E-state index is 11.8. The molecular weight excluding hydrogens is 274 g/mol. The van der Waals surface area contributed by atoms with E-state index in [0.717, 1.165) is 0 Å². The minimum Gasteiger partial charge on any atom is -0.491 e. The molecule has 0 radical (unpaired) electrons. The monoisotopic (exact) mass is 293 g/mol. The van der Waals surface area contributed by atoms with E-state index >= 15 is 0 Å². The smallest absolute Gasteiger partial charge is 0.335 e. The summed E-state index contributed by atoms with van der Waals surface area (Å²) in [6.45, 7) is 2.42. The Bertz CT molecular complexity index is 513. The third-order valence-corrected chi connectivity index (χ3v) is 3.56. The molecule has 1 aliphatic heterocycles. The number of aromatic carboxylic acids is 1. The van der Waals surface area contributed by atoms with Crippen molar-refractivity contribution in [2.45, 2.75) is 31.9 Å². The van der Waals surface area contributed by atoms with Crippen molar-refractivity contribution in [3.63, 3.8) is 0 Å². The molecular formula is C15H19NO5. The molecule has 2 rings (SSSR count). The van der Waals surface area contributed by atoms with Crippen LogP contribution in [0.1, 0.15) is 30.1 Å². The highest BCUT2D eigenvalue weighted by Gasteiger charge is 2.33. The fourth-order valence-corrected chi connectivity index (χ4v) is 2.44. The Morgan fingerprint density at radius 3 is 2.57 bits per heavy atom. The van der Waals surface area contributed by atoms with Gasteiger partial charge in [0.15, 0.2) is 0 Å². The second-order valence-corrected chi connectivity index (χ2v) is 5.08. The van der Waals surface area contributed by atoms with Crippen molar-refractivity contribution in [1.82, 2.24) is 4.90 Å². The van der Waals surface area contributed by atoms with Gasteiger partial charge in [0.1, 0.15) is 12.4 Å². The van der Waals surface area contributed by atoms with E-state index in [9.17, 15) is 14.7 Å². The van der Waals surface area contributed by atoms with Crippen LogP contribution in [0.25, 0.3) is 0 Å². The first kappa shape index (κ1) is 15.3. The largest absolute Gasteiger partial charge is 0.491 e. The van der Waals surface area contributed by atoms with Crippen LogP contribution < -0.4 is 4.74 Å². The fraction of sp³-hybridized carbons (Fsp3) is 0.467. The SMILES string of the molecule is CCC(=O)N1CC(O)CC1COc1ccc(C(=O)O)cc1. The molecule has 6 heteroatoms. The number of hydrogen-bond acceptors (Lipinski definition) is 4. The lowest BCUT2D eigenvalue weighted by Gasteiger charge is -2.24. The molecule has 0 bridgehead atoms. The number of aliphatic hydroxyl groups excluding tert-OH is 1. The Morgan fingerprint density at radius 1 is 1.33 bits per heavy atom. The van der Waals surface area contributed by atoms with E-state index in [-0.39, 0.29) is 24.1 Å². The number of amides is 1. The van der Waals surface area contributed by atoms with E-state index in [2.05, 4.69) is 0 Å². The lowest BCUT2D eigenvalue weighted by molar-refractivity contribution is -0.132. The number of β-amino-alcohol motifs (C(OH)–C–C–N with tert-alkyl or cyclic N) is 1. The summed E-state index contributed by atoms with van der Waals surface area (Å²) in [5.41, 5.74) is 0.196. The zero-order valence-electron chi connectivity index (χ0n) is 11.9. The number of nitrogens with zero attached hydrogens (tertiary/aromatic N) is 1. The van der Waals surface area contributed by atoms with Gasteiger partial charge in [0, 0.05) is 13.0 Å². The molecule has 0 aliphatic carbocycles. The van der Waals surface area contributed by atoms with Crippen LogP contribution in [0.3, 0.4) is 0 Å². The van der Waals surface area contributed by atoms with E-state index in [1.54, 1.807) is 24.0 Å². The van der Waals surface area contributed by atoms with Crippen LogP contribution in [0.2, 0.25) is 0 Å². The molecule has 1 heterocycles. The van der Waals surface area contributed by atoms with Gasteiger partial charge < -0.3 is 19.8 Å². The highest BCUT2D eigenvalue weighted by molar-refractivity contribution is 5.87. The van der Waals surface area contributed by atoms with Crippen molar-refractivity contribution < 1.29 is 24.5 Å². The maximum absolute atomic E-state index is 11.8. The van der Waals surface area contributed by atoms with E-state index < -0.39 is 12.1 Å². The number of carbonyl (C=O) groups excluding carboxylic acids is 1. The first-order chi connectivity index (χ1) is 10.0. The molecule has 1 amide bonds. The maximum Gasteiger partial charge on any atom is 0.335 e. The number of carbonyl (C=O) groups is 2. The summed E-state index contributed by atoms with van der Waals surface area (Å²) in [4.78, 5) is 24.2. The third-order valence-electron chi connectivity index (χ3n) is 3.56. The summed E-state index contributed by atoms with van der Waals surface area (Å²) in [5.74, 6) is -0.438. The van der Waals surface area contributed by atoms with Gasteiger partial charge in [-0.3, -0.25) is 4.79 Å². The van der Waals surface area contributed by atoms with E-state index in [0.29, 0.717) is 25.1 Å². The summed E-state index contributed by atoms with van der Waals surface area (Å²) >= 11 is 0. The predicted octanol–water partition coefficient (Wildman–Crippen LogP) is 1.14. The van der Waals surface area contributed by atoms with Crippen molar-refractivity contribution in [2.75, 3.05) is 13.2 Å². The molecule has 1 aliphatic rings. The van der Waals surface area contributed by atoms with Crippen molar-refractivity contribution in [3.8, 4) is 5.75 Å². The van der Waals surface area contributed by atoms with Crippen molar-refractivity contribution in [2.24, 2.45) is 0 Å². The Labute approximate surface area is 122 Å². The average Bonchev–Trinajstić information content (AvgIpc) is 2.85. The number of hydrogen-bond donors (Lipinski definition) is 2. The second-order valence-electron chi connectivity index (χ2n) is 5.08. The molecule has 114 valence electrons. The molecule has 2 N–H and O–H groups in total. The van der Waals surface area contributed by atoms with Crippen LogP contribution in [-0.2, 0) is 4.79 Å². The second kappa shape index (κ2) is 6.58. The molecule has 1 aromatic rings. The molecule has 2 atom stereocenters. The number of carboxylic acid groups (broad SMARTS) is 1. The summed E-state index contributed by atoms with van der Waals surface area (Å²) in [6, 6.07) is 5.96. The Kier molecular flexibility index (Phi) is 4.80. The van der Waals surface area contributed by atoms with Crippen molar-refractivity contribution in [1.29, 1.82) is 0 Å². The van der Waals surface area contributed by atoms with Gasteiger partial charge in [-0.05, 0) is 30.7 Å². The number of benzene rings is 1. The molecule has 1 aromatic carbocycles. The van der Waals surface area contributed by atoms with E-state index in [1.165, 1.54) is 12.1 Å². The fourth-order valence-electron chi connectivity index (χ4n) is 2.44. The van der Waals surface area contributed by atoms with Gasteiger partial charge in [-0.2, -0.15) is 0 Å². The standard InChI is InChI=1S/C15H19NO5/c1-2-14(18)16-8-12(17)7-11(16)9-21-13-5-3-10(4-6-13)15(19)20/h3-6,11-12,17H,2,7-9H2,1H3,(H,19,20). The Hall–Kier alpha value is -2.08. The average molecular weight is 293 g/mol. The molecule has 0 saturated carbocycles. The summed E-state index contributed by atoms with van der Waals surface area (Å²) in [5, 5.41) is 18.5. The molecule has 2 unspecified atom stereocenters. The zero-order valence-corrected chi connectivity index (χ0v) is 11.9. The van der Waals surface area contributed by atoms with Crippen LogP contribution in [-0.4, -0.2) is 52.3 Å². The van der Waals surface area contributed by atoms with Crippen LogP contribution >= 0.6 is 0 Å². The molecule has 1 fully saturated rings. The minimum absolute atomic E-state index is 0.00127. The van der Waals surface area contributed by atoms with Crippen LogP contribution in [0.15, 0.2) is 24.3 Å². The lowest BCUT2D eigenvalue weighted by atomic mass is 10.2. The van der Waals surface area contributed by atoms with Gasteiger partial charge in [-0.25, -0.2) is 4.79 Å². The number of aliphatic hydroxyl groups is 1. The molecule has 1 saturated heterocycles. The topological polar surface area (TPSA) is 87.1 Å². The van der Waals surface area contributed by atoms with Crippen molar-refractivity contribution in [3.05, 3.63) is 29.8 Å². The van der Waals surface area contributed by atoms with Crippen LogP contribution in [0, 0.1) is 0 Å². The third kappa shape index (κ3) is 3.72. The van der Waals surface area contributed by atoms with Crippen LogP contribution in [0.5, 0.6) is 5.75 Å². The Morgan fingerprint density at radius 2 is 2.00 bits per heavy atom. The number of carboxylic acids is 1. The highest BCUT2D eigenvalue weighted by atomic mass is 16.5. The summed E-state index contributed by atoms with van der Waals surface area (Å²) in [6.07, 6.45) is 0.388. The van der Waals surface area contributed by atoms with Gasteiger partial charge in [-0.1, -0.05) is 6.92 Å². The van der Waals surface area contributed by atoms with E-state index in [4.69, 9.17) is 9.84 Å². The van der Waals surface area contributed by atoms with Gasteiger partial charge in [-0.15, -0.1) is 0 Å². The first-order valence-electron chi connectivity index (χ1n) is 6.95. The van der Waals surface area contributed by atoms with Crippen molar-refractivity contribution >= 4 is 11.9 Å². The molecule has 0 spiro atoms. The normalized spacial score (nSPS) is 21.3. The zero-order chi connectivity index (χ0) is 15.4. The molecule has 0 aromatic heterocycles. The lowest BCUT2D eigenvalue weighted by Crippen LogP contribution is -2.38. The molecule has 6 nitrogen and oxygen atoms in total. The number of ether oxygens (including phenoxy) is 1. The number of likely N-dealkylation sites (tertiary alicyclic amines) is 1. The summed E-state index contributed by atoms with van der Waals surface area (Å²) in [7, 11) is 0. The predicted molar refractivity (Wildman–Crippen MR) is 75.3 cm³/mol. The van der Waals surface area contributed by atoms with Gasteiger partial charge in [0.2, 0.25) is 5.91 Å². The van der Waals surface area contributed by atoms with Gasteiger partial charge >= 0.3 is 5.97 Å². The first-order valence-corrected chi connectivity index (χ1v) is 6.95. The van der Waals surface area contributed by atoms with Crippen LogP contribution in [0.4, 0.5) is 0 Å². The summed E-state index contributed by atoms with van der Waals surface area (Å²) < 4.78 is 5.60. The number of rotatable bonds is 5. The Balaban J connectivity index is 1.95. The highest BCUT2D eigenvalue weighted by Crippen LogP contribution is 2.21. The quantitative estimate of drug-likeness (QED) is 0.850. The molecule has 21 heavy (non-hydrogen) atoms. The minimum atomic E-state index is -0.986.